The normalized spacial score (nSPS) is 16.3. The second kappa shape index (κ2) is 8.03. The molecule has 0 spiro atoms. The van der Waals surface area contributed by atoms with Crippen LogP contribution in [-0.2, 0) is 4.79 Å². The van der Waals surface area contributed by atoms with Crippen molar-refractivity contribution in [3.63, 3.8) is 0 Å². The van der Waals surface area contributed by atoms with E-state index < -0.39 is 23.5 Å². The van der Waals surface area contributed by atoms with Crippen molar-refractivity contribution in [1.82, 2.24) is 4.98 Å². The number of benzene rings is 1. The highest BCUT2D eigenvalue weighted by Crippen LogP contribution is 2.43. The van der Waals surface area contributed by atoms with E-state index in [2.05, 4.69) is 4.98 Å². The number of aliphatic hydroxyl groups excluding tert-OH is 1. The maximum atomic E-state index is 13.5. The first-order valence-corrected chi connectivity index (χ1v) is 10.7. The van der Waals surface area contributed by atoms with Gasteiger partial charge in [-0.05, 0) is 64.1 Å². The van der Waals surface area contributed by atoms with Crippen LogP contribution < -0.4 is 9.64 Å². The van der Waals surface area contributed by atoms with Crippen molar-refractivity contribution in [1.29, 1.82) is 0 Å². The fraction of sp³-hybridized carbons (Fsp3) is 0.261. The number of nitrogens with zero attached hydrogens (tertiary/aromatic N) is 2. The van der Waals surface area contributed by atoms with Gasteiger partial charge in [0.05, 0.1) is 27.8 Å². The molecule has 3 aromatic rings. The molecule has 1 aliphatic rings. The Balaban J connectivity index is 1.83. The number of aromatic nitrogens is 1. The number of carbonyl (C=O) groups is 2. The lowest BCUT2D eigenvalue weighted by Gasteiger charge is -2.25. The van der Waals surface area contributed by atoms with Gasteiger partial charge in [-0.3, -0.25) is 14.5 Å². The number of aliphatic hydroxyl groups is 1. The molecular formula is C23H22N2O5S. The molecule has 0 saturated heterocycles. The van der Waals surface area contributed by atoms with Crippen molar-refractivity contribution >= 4 is 28.7 Å². The minimum Gasteiger partial charge on any atom is -0.503 e. The van der Waals surface area contributed by atoms with Gasteiger partial charge in [0.15, 0.2) is 5.76 Å². The van der Waals surface area contributed by atoms with Gasteiger partial charge in [-0.2, -0.15) is 0 Å². The van der Waals surface area contributed by atoms with Gasteiger partial charge in [0.2, 0.25) is 5.78 Å². The Morgan fingerprint density at radius 1 is 1.19 bits per heavy atom. The summed E-state index contributed by atoms with van der Waals surface area (Å²) in [7, 11) is 0. The van der Waals surface area contributed by atoms with Crippen molar-refractivity contribution in [3.8, 4) is 5.75 Å². The fourth-order valence-electron chi connectivity index (χ4n) is 3.71. The molecule has 0 bridgehead atoms. The Labute approximate surface area is 183 Å². The number of anilines is 1. The van der Waals surface area contributed by atoms with Gasteiger partial charge >= 0.3 is 0 Å². The fourth-order valence-corrected chi connectivity index (χ4v) is 4.58. The van der Waals surface area contributed by atoms with E-state index in [1.165, 1.54) is 16.2 Å². The lowest BCUT2D eigenvalue weighted by Crippen LogP contribution is -2.30. The van der Waals surface area contributed by atoms with Gasteiger partial charge < -0.3 is 14.3 Å². The number of hydrogen-bond acceptors (Lipinski definition) is 7. The third kappa shape index (κ3) is 3.63. The number of ether oxygens (including phenoxy) is 1. The standard InChI is InChI=1S/C23H22N2O5S/c1-5-29-16-9-7-15(8-10-16)25-19(17-11-6-12(2)30-17)18(21(27)23(25)28)20(26)22-13(3)24-14(4)31-22/h6-11,19,27H,5H2,1-4H3. The topological polar surface area (TPSA) is 92.9 Å². The zero-order valence-electron chi connectivity index (χ0n) is 17.6. The summed E-state index contributed by atoms with van der Waals surface area (Å²) in [6.45, 7) is 7.73. The SMILES string of the molecule is CCOc1ccc(N2C(=O)C(O)=C(C(=O)c3sc(C)nc3C)C2c2ccc(C)o2)cc1. The minimum absolute atomic E-state index is 0.0139. The van der Waals surface area contributed by atoms with Crippen molar-refractivity contribution in [2.75, 3.05) is 11.5 Å². The highest BCUT2D eigenvalue weighted by molar-refractivity contribution is 7.14. The van der Waals surface area contributed by atoms with Crippen LogP contribution in [0.3, 0.4) is 0 Å². The Bertz CT molecular complexity index is 1190. The predicted octanol–water partition coefficient (Wildman–Crippen LogP) is 4.84. The third-order valence-electron chi connectivity index (χ3n) is 5.02. The maximum Gasteiger partial charge on any atom is 0.294 e. The number of rotatable bonds is 6. The van der Waals surface area contributed by atoms with E-state index >= 15 is 0 Å². The van der Waals surface area contributed by atoms with Gasteiger partial charge in [-0.15, -0.1) is 11.3 Å². The Hall–Kier alpha value is -3.39. The monoisotopic (exact) mass is 438 g/mol. The highest BCUT2D eigenvalue weighted by atomic mass is 32.1. The lowest BCUT2D eigenvalue weighted by molar-refractivity contribution is -0.117. The van der Waals surface area contributed by atoms with Gasteiger partial charge in [-0.1, -0.05) is 0 Å². The van der Waals surface area contributed by atoms with E-state index in [1.54, 1.807) is 50.2 Å². The van der Waals surface area contributed by atoms with Crippen LogP contribution in [0.5, 0.6) is 5.75 Å². The predicted molar refractivity (Wildman–Crippen MR) is 117 cm³/mol. The Morgan fingerprint density at radius 2 is 1.90 bits per heavy atom. The number of Topliss-reactive ketones (excluding diaryl/α,β-unsaturated/α-hetero) is 1. The van der Waals surface area contributed by atoms with E-state index in [0.717, 1.165) is 5.01 Å². The number of carbonyl (C=O) groups excluding carboxylic acids is 2. The summed E-state index contributed by atoms with van der Waals surface area (Å²) < 4.78 is 11.3. The van der Waals surface area contributed by atoms with E-state index in [-0.39, 0.29) is 5.57 Å². The van der Waals surface area contributed by atoms with E-state index in [9.17, 15) is 14.7 Å². The van der Waals surface area contributed by atoms with Crippen LogP contribution >= 0.6 is 11.3 Å². The molecular weight excluding hydrogens is 416 g/mol. The maximum absolute atomic E-state index is 13.5. The minimum atomic E-state index is -0.895. The zero-order chi connectivity index (χ0) is 22.3. The number of ketones is 1. The molecule has 3 heterocycles. The number of amides is 1. The second-order valence-corrected chi connectivity index (χ2v) is 8.40. The van der Waals surface area contributed by atoms with Crippen LogP contribution in [-0.4, -0.2) is 28.4 Å². The molecule has 0 radical (unpaired) electrons. The molecule has 1 aromatic carbocycles. The van der Waals surface area contributed by atoms with Gasteiger partial charge in [0.25, 0.3) is 5.91 Å². The van der Waals surface area contributed by atoms with Gasteiger partial charge in [0, 0.05) is 5.69 Å². The summed E-state index contributed by atoms with van der Waals surface area (Å²) in [4.78, 5) is 32.7. The summed E-state index contributed by atoms with van der Waals surface area (Å²) in [5, 5.41) is 11.5. The first kappa shape index (κ1) is 20.9. The summed E-state index contributed by atoms with van der Waals surface area (Å²) in [5.41, 5.74) is 1.06. The Kier molecular flexibility index (Phi) is 5.41. The second-order valence-electron chi connectivity index (χ2n) is 7.19. The molecule has 31 heavy (non-hydrogen) atoms. The van der Waals surface area contributed by atoms with E-state index in [1.807, 2.05) is 13.8 Å². The molecule has 1 N–H and O–H groups in total. The van der Waals surface area contributed by atoms with Crippen LogP contribution in [0.2, 0.25) is 0 Å². The summed E-state index contributed by atoms with van der Waals surface area (Å²) in [5.74, 6) is 0.0194. The number of hydrogen-bond donors (Lipinski definition) is 1. The lowest BCUT2D eigenvalue weighted by atomic mass is 9.99. The van der Waals surface area contributed by atoms with E-state index in [0.29, 0.717) is 40.1 Å². The van der Waals surface area contributed by atoms with Crippen molar-refractivity contribution < 1.29 is 23.8 Å². The molecule has 0 aliphatic carbocycles. The average Bonchev–Trinajstić information content (AvgIpc) is 3.39. The number of furan rings is 1. The van der Waals surface area contributed by atoms with Crippen molar-refractivity contribution in [2.45, 2.75) is 33.7 Å². The van der Waals surface area contributed by atoms with Crippen molar-refractivity contribution in [3.05, 3.63) is 74.8 Å². The molecule has 1 aliphatic heterocycles. The molecule has 1 atom stereocenters. The smallest absolute Gasteiger partial charge is 0.294 e. The molecule has 0 saturated carbocycles. The molecule has 7 nitrogen and oxygen atoms in total. The summed E-state index contributed by atoms with van der Waals surface area (Å²) in [6.07, 6.45) is 0. The number of aryl methyl sites for hydroxylation is 3. The summed E-state index contributed by atoms with van der Waals surface area (Å²) >= 11 is 1.24. The molecule has 0 fully saturated rings. The van der Waals surface area contributed by atoms with Gasteiger partial charge in [0.1, 0.15) is 23.3 Å². The number of thiazole rings is 1. The largest absolute Gasteiger partial charge is 0.503 e. The van der Waals surface area contributed by atoms with Crippen LogP contribution in [0.1, 0.15) is 44.9 Å². The van der Waals surface area contributed by atoms with Crippen LogP contribution in [0.15, 0.2) is 52.1 Å². The van der Waals surface area contributed by atoms with Crippen LogP contribution in [0.4, 0.5) is 5.69 Å². The molecule has 160 valence electrons. The third-order valence-corrected chi connectivity index (χ3v) is 6.09. The van der Waals surface area contributed by atoms with E-state index in [4.69, 9.17) is 9.15 Å². The molecule has 1 amide bonds. The van der Waals surface area contributed by atoms with Crippen molar-refractivity contribution in [2.24, 2.45) is 0 Å². The molecule has 1 unspecified atom stereocenters. The molecule has 4 rings (SSSR count). The molecule has 2 aromatic heterocycles. The summed E-state index contributed by atoms with van der Waals surface area (Å²) in [6, 6.07) is 9.49. The Morgan fingerprint density at radius 3 is 2.45 bits per heavy atom. The first-order chi connectivity index (χ1) is 14.8. The quantitative estimate of drug-likeness (QED) is 0.554. The van der Waals surface area contributed by atoms with Gasteiger partial charge in [-0.25, -0.2) is 4.98 Å². The highest BCUT2D eigenvalue weighted by Gasteiger charge is 2.46. The molecule has 8 heteroatoms. The average molecular weight is 439 g/mol. The zero-order valence-corrected chi connectivity index (χ0v) is 18.4. The van der Waals surface area contributed by atoms with Crippen LogP contribution in [0.25, 0.3) is 0 Å². The van der Waals surface area contributed by atoms with Crippen LogP contribution in [0, 0.1) is 20.8 Å². The first-order valence-electron chi connectivity index (χ1n) is 9.86.